The van der Waals surface area contributed by atoms with E-state index in [0.29, 0.717) is 28.2 Å². The topological polar surface area (TPSA) is 88.7 Å². The van der Waals surface area contributed by atoms with Crippen molar-refractivity contribution in [1.82, 2.24) is 13.7 Å². The van der Waals surface area contributed by atoms with Crippen LogP contribution in [0.2, 0.25) is 0 Å². The third-order valence-electron chi connectivity index (χ3n) is 14.3. The first-order valence-corrected chi connectivity index (χ1v) is 23.0. The molecule has 0 saturated heterocycles. The first-order valence-electron chi connectivity index (χ1n) is 23.0. The molecule has 0 atom stereocenters. The van der Waals surface area contributed by atoms with Crippen LogP contribution in [0.1, 0.15) is 11.1 Å². The lowest BCUT2D eigenvalue weighted by molar-refractivity contribution is 0.669. The lowest BCUT2D eigenvalue weighted by Crippen LogP contribution is -2.14. The molecule has 15 aromatic rings. The Balaban J connectivity index is 1.24. The second kappa shape index (κ2) is 13.9. The standard InChI is InChI=1S/C62H33N5O2/c63-34-47-60(67-53-26-12-5-19-41(53)44-33-58-46(32-54(44)67)43-21-7-14-28-56(43)69-58)48(35-64)62(66-51-24-10-3-17-39(51)40-18-4-11-25-52(40)66)59(36-29-30-57-45(31-36)42-20-6-13-27-55(42)68-57)61(47)65-49-22-8-1-15-37(49)38-16-2-9-23-50(38)65/h1-33H. The van der Waals surface area contributed by atoms with E-state index in [9.17, 15) is 10.5 Å². The minimum atomic E-state index is 0.356. The van der Waals surface area contributed by atoms with Crippen molar-refractivity contribution in [2.24, 2.45) is 0 Å². The van der Waals surface area contributed by atoms with Crippen molar-refractivity contribution >= 4 is 109 Å². The Morgan fingerprint density at radius 3 is 1.12 bits per heavy atom. The van der Waals surface area contributed by atoms with Crippen molar-refractivity contribution in [1.29, 1.82) is 10.5 Å². The van der Waals surface area contributed by atoms with E-state index in [1.165, 1.54) is 0 Å². The Morgan fingerprint density at radius 2 is 0.652 bits per heavy atom. The van der Waals surface area contributed by atoms with E-state index in [2.05, 4.69) is 171 Å². The molecule has 0 aliphatic carbocycles. The van der Waals surface area contributed by atoms with Gasteiger partial charge in [0.2, 0.25) is 0 Å². The van der Waals surface area contributed by atoms with Crippen molar-refractivity contribution in [2.75, 3.05) is 0 Å². The van der Waals surface area contributed by atoms with E-state index in [1.807, 2.05) is 54.6 Å². The van der Waals surface area contributed by atoms with Crippen LogP contribution in [-0.4, -0.2) is 13.7 Å². The van der Waals surface area contributed by atoms with Gasteiger partial charge in [-0.3, -0.25) is 0 Å². The zero-order chi connectivity index (χ0) is 45.5. The molecule has 69 heavy (non-hydrogen) atoms. The van der Waals surface area contributed by atoms with Gasteiger partial charge in [0.15, 0.2) is 0 Å². The molecule has 0 aliphatic rings. The van der Waals surface area contributed by atoms with Crippen molar-refractivity contribution in [3.63, 3.8) is 0 Å². The van der Waals surface area contributed by atoms with Crippen molar-refractivity contribution in [3.8, 4) is 40.3 Å². The second-order valence-corrected chi connectivity index (χ2v) is 17.8. The molecule has 0 unspecified atom stereocenters. The molecule has 7 heteroatoms. The number of aromatic nitrogens is 3. The van der Waals surface area contributed by atoms with Gasteiger partial charge in [0, 0.05) is 59.4 Å². The second-order valence-electron chi connectivity index (χ2n) is 17.8. The van der Waals surface area contributed by atoms with Gasteiger partial charge in [-0.05, 0) is 72.3 Å². The summed E-state index contributed by atoms with van der Waals surface area (Å²) in [6.45, 7) is 0. The summed E-state index contributed by atoms with van der Waals surface area (Å²) in [4.78, 5) is 0. The minimum absolute atomic E-state index is 0.356. The van der Waals surface area contributed by atoms with E-state index >= 15 is 0 Å². The summed E-state index contributed by atoms with van der Waals surface area (Å²) in [5.74, 6) is 0. The maximum Gasteiger partial charge on any atom is 0.136 e. The van der Waals surface area contributed by atoms with Gasteiger partial charge in [0.25, 0.3) is 0 Å². The average molecular weight is 880 g/mol. The molecule has 0 aliphatic heterocycles. The van der Waals surface area contributed by atoms with E-state index < -0.39 is 0 Å². The number of nitrogens with zero attached hydrogens (tertiary/aromatic N) is 5. The monoisotopic (exact) mass is 879 g/mol. The fourth-order valence-electron chi connectivity index (χ4n) is 11.5. The summed E-state index contributed by atoms with van der Waals surface area (Å²) < 4.78 is 19.6. The highest BCUT2D eigenvalue weighted by Gasteiger charge is 2.33. The van der Waals surface area contributed by atoms with Gasteiger partial charge in [0.1, 0.15) is 45.6 Å². The molecular formula is C62H33N5O2. The van der Waals surface area contributed by atoms with E-state index in [-0.39, 0.29) is 0 Å². The molecule has 318 valence electrons. The Labute approximate surface area is 392 Å². The summed E-state index contributed by atoms with van der Waals surface area (Å²) in [5.41, 5.74) is 12.6. The molecule has 0 saturated carbocycles. The van der Waals surface area contributed by atoms with Gasteiger partial charge >= 0.3 is 0 Å². The van der Waals surface area contributed by atoms with Gasteiger partial charge in [-0.2, -0.15) is 10.5 Å². The van der Waals surface area contributed by atoms with Crippen LogP contribution in [0.5, 0.6) is 0 Å². The molecule has 15 rings (SSSR count). The number of benzene rings is 10. The molecule has 0 spiro atoms. The molecule has 0 radical (unpaired) electrons. The fraction of sp³-hybridized carbons (Fsp3) is 0. The van der Waals surface area contributed by atoms with Gasteiger partial charge in [-0.1, -0.05) is 133 Å². The molecule has 10 aromatic carbocycles. The van der Waals surface area contributed by atoms with E-state index in [4.69, 9.17) is 8.83 Å². The smallest absolute Gasteiger partial charge is 0.136 e. The summed E-state index contributed by atoms with van der Waals surface area (Å²) in [5, 5.41) is 34.5. The largest absolute Gasteiger partial charge is 0.456 e. The number of fused-ring (bicyclic) bond motifs is 15. The Morgan fingerprint density at radius 1 is 0.290 bits per heavy atom. The van der Waals surface area contributed by atoms with Gasteiger partial charge in [0.05, 0.1) is 50.2 Å². The number of nitriles is 2. The lowest BCUT2D eigenvalue weighted by Gasteiger charge is -2.26. The number of hydrogen-bond donors (Lipinski definition) is 0. The summed E-state index contributed by atoms with van der Waals surface area (Å²) in [6, 6.07) is 74.2. The Kier molecular flexibility index (Phi) is 7.51. The Hall–Kier alpha value is -9.82. The average Bonchev–Trinajstić information content (AvgIpc) is 4.21. The van der Waals surface area contributed by atoms with Crippen LogP contribution in [0.3, 0.4) is 0 Å². The van der Waals surface area contributed by atoms with Crippen molar-refractivity contribution in [2.45, 2.75) is 0 Å². The van der Waals surface area contributed by atoms with Gasteiger partial charge < -0.3 is 22.5 Å². The van der Waals surface area contributed by atoms with Gasteiger partial charge in [-0.25, -0.2) is 0 Å². The van der Waals surface area contributed by atoms with Crippen LogP contribution < -0.4 is 0 Å². The third kappa shape index (κ3) is 4.97. The summed E-state index contributed by atoms with van der Waals surface area (Å²) in [7, 11) is 0. The van der Waals surface area contributed by atoms with Crippen molar-refractivity contribution in [3.05, 3.63) is 211 Å². The lowest BCUT2D eigenvalue weighted by atomic mass is 9.91. The fourth-order valence-corrected chi connectivity index (χ4v) is 11.5. The SMILES string of the molecule is N#Cc1c(-n2c3ccccc3c3cc4oc5ccccc5c4cc32)c(C#N)c(-n2c3ccccc3c3ccccc32)c(-c2ccc3oc4ccccc4c3c2)c1-n1c2ccccc2c2ccccc21. The van der Waals surface area contributed by atoms with Crippen LogP contribution in [0, 0.1) is 22.7 Å². The predicted octanol–water partition coefficient (Wildman–Crippen LogP) is 16.2. The molecule has 7 nitrogen and oxygen atoms in total. The molecule has 0 bridgehead atoms. The van der Waals surface area contributed by atoms with Crippen LogP contribution >= 0.6 is 0 Å². The first kappa shape index (κ1) is 37.4. The maximum absolute atomic E-state index is 12.3. The van der Waals surface area contributed by atoms with E-state index in [0.717, 1.165) is 120 Å². The highest BCUT2D eigenvalue weighted by atomic mass is 16.3. The highest BCUT2D eigenvalue weighted by molar-refractivity contribution is 6.19. The van der Waals surface area contributed by atoms with Crippen molar-refractivity contribution < 1.29 is 8.83 Å². The van der Waals surface area contributed by atoms with Crippen LogP contribution in [0.4, 0.5) is 0 Å². The Bertz CT molecular complexity index is 4570. The zero-order valence-electron chi connectivity index (χ0n) is 36.6. The molecule has 5 heterocycles. The minimum Gasteiger partial charge on any atom is -0.456 e. The molecule has 0 amide bonds. The first-order chi connectivity index (χ1) is 34.2. The number of para-hydroxylation sites is 7. The molecule has 0 fully saturated rings. The normalized spacial score (nSPS) is 12.0. The third-order valence-corrected chi connectivity index (χ3v) is 14.3. The number of rotatable bonds is 4. The molecular weight excluding hydrogens is 847 g/mol. The van der Waals surface area contributed by atoms with Crippen LogP contribution in [-0.2, 0) is 0 Å². The summed E-state index contributed by atoms with van der Waals surface area (Å²) in [6.07, 6.45) is 0. The number of furan rings is 2. The quantitative estimate of drug-likeness (QED) is 0.176. The van der Waals surface area contributed by atoms with Crippen LogP contribution in [0.15, 0.2) is 209 Å². The van der Waals surface area contributed by atoms with Crippen LogP contribution in [0.25, 0.3) is 137 Å². The van der Waals surface area contributed by atoms with Gasteiger partial charge in [-0.15, -0.1) is 0 Å². The zero-order valence-corrected chi connectivity index (χ0v) is 36.6. The molecule has 5 aromatic heterocycles. The molecule has 0 N–H and O–H groups in total. The highest BCUT2D eigenvalue weighted by Crippen LogP contribution is 2.50. The maximum atomic E-state index is 12.3. The number of hydrogen-bond acceptors (Lipinski definition) is 4. The predicted molar refractivity (Wildman–Crippen MR) is 279 cm³/mol. The van der Waals surface area contributed by atoms with E-state index in [1.54, 1.807) is 0 Å². The summed E-state index contributed by atoms with van der Waals surface area (Å²) >= 11 is 0.